The Kier molecular flexibility index (Phi) is 6.00. The van der Waals surface area contributed by atoms with Crippen molar-refractivity contribution in [3.05, 3.63) is 58.7 Å². The summed E-state index contributed by atoms with van der Waals surface area (Å²) in [4.78, 5) is 18.8. The van der Waals surface area contributed by atoms with Crippen LogP contribution in [0.5, 0.6) is 5.75 Å². The van der Waals surface area contributed by atoms with E-state index in [4.69, 9.17) is 9.26 Å². The fourth-order valence-electron chi connectivity index (χ4n) is 4.45. The van der Waals surface area contributed by atoms with Crippen molar-refractivity contribution in [2.45, 2.75) is 63.8 Å². The molecule has 0 atom stereocenters. The van der Waals surface area contributed by atoms with E-state index in [1.165, 1.54) is 11.0 Å². The quantitative estimate of drug-likeness (QED) is 0.520. The molecule has 1 aliphatic carbocycles. The minimum atomic E-state index is -3.90. The Bertz CT molecular complexity index is 1390. The van der Waals surface area contributed by atoms with Gasteiger partial charge in [0.1, 0.15) is 5.75 Å². The Morgan fingerprint density at radius 1 is 1.17 bits per heavy atom. The summed E-state index contributed by atoms with van der Waals surface area (Å²) in [6.45, 7) is 5.48. The number of amides is 1. The number of aryl methyl sites for hydroxylation is 3. The summed E-state index contributed by atoms with van der Waals surface area (Å²) in [5.41, 5.74) is 3.33. The van der Waals surface area contributed by atoms with Gasteiger partial charge < -0.3 is 9.26 Å². The van der Waals surface area contributed by atoms with Gasteiger partial charge >= 0.3 is 0 Å². The molecular formula is C25H28N4O5S. The van der Waals surface area contributed by atoms with Crippen LogP contribution in [0.4, 0.5) is 11.4 Å². The molecule has 1 saturated carbocycles. The predicted octanol–water partition coefficient (Wildman–Crippen LogP) is 4.24. The van der Waals surface area contributed by atoms with E-state index >= 15 is 0 Å². The first-order valence-corrected chi connectivity index (χ1v) is 13.3. The first-order valence-electron chi connectivity index (χ1n) is 11.8. The number of rotatable bonds is 7. The van der Waals surface area contributed by atoms with E-state index in [0.717, 1.165) is 30.4 Å². The zero-order valence-electron chi connectivity index (χ0n) is 20.0. The Hall–Kier alpha value is -3.40. The van der Waals surface area contributed by atoms with Gasteiger partial charge in [0, 0.05) is 12.0 Å². The van der Waals surface area contributed by atoms with Crippen LogP contribution in [0, 0.1) is 13.8 Å². The topological polar surface area (TPSA) is 115 Å². The second-order valence-corrected chi connectivity index (χ2v) is 10.7. The smallest absolute Gasteiger partial charge is 0.265 e. The lowest BCUT2D eigenvalue weighted by Gasteiger charge is -2.29. The Morgan fingerprint density at radius 3 is 2.69 bits per heavy atom. The SMILES string of the molecule is CCc1cccc(C)c1NS(=O)(=O)c1cc2c(cc1C)N(Cc1noc(C3CCC3)n1)C(=O)CO2. The second kappa shape index (κ2) is 8.99. The van der Waals surface area contributed by atoms with Crippen molar-refractivity contribution < 1.29 is 22.5 Å². The third-order valence-electron chi connectivity index (χ3n) is 6.70. The lowest BCUT2D eigenvalue weighted by atomic mass is 9.85. The molecule has 184 valence electrons. The Morgan fingerprint density at radius 2 is 1.97 bits per heavy atom. The fourth-order valence-corrected chi connectivity index (χ4v) is 5.86. The summed E-state index contributed by atoms with van der Waals surface area (Å²) in [6.07, 6.45) is 3.92. The monoisotopic (exact) mass is 496 g/mol. The number of benzene rings is 2. The maximum Gasteiger partial charge on any atom is 0.265 e. The van der Waals surface area contributed by atoms with Gasteiger partial charge in [0.15, 0.2) is 12.4 Å². The van der Waals surface area contributed by atoms with E-state index in [9.17, 15) is 13.2 Å². The molecule has 0 unspecified atom stereocenters. The number of fused-ring (bicyclic) bond motifs is 1. The van der Waals surface area contributed by atoms with Gasteiger partial charge in [-0.2, -0.15) is 4.98 Å². The van der Waals surface area contributed by atoms with E-state index in [1.807, 2.05) is 32.0 Å². The van der Waals surface area contributed by atoms with Crippen molar-refractivity contribution in [2.24, 2.45) is 0 Å². The molecule has 0 bridgehead atoms. The summed E-state index contributed by atoms with van der Waals surface area (Å²) in [6, 6.07) is 8.83. The van der Waals surface area contributed by atoms with Crippen LogP contribution in [0.3, 0.4) is 0 Å². The highest BCUT2D eigenvalue weighted by Crippen LogP contribution is 2.39. The molecule has 9 nitrogen and oxygen atoms in total. The van der Waals surface area contributed by atoms with E-state index in [-0.39, 0.29) is 24.0 Å². The molecule has 0 radical (unpaired) electrons. The average Bonchev–Trinajstić information content (AvgIpc) is 3.23. The molecule has 1 amide bonds. The molecule has 5 rings (SSSR count). The first kappa shape index (κ1) is 23.3. The number of aromatic nitrogens is 2. The molecule has 2 heterocycles. The molecule has 3 aromatic rings. The van der Waals surface area contributed by atoms with Crippen molar-refractivity contribution in [1.29, 1.82) is 0 Å². The summed E-state index contributed by atoms with van der Waals surface area (Å²) in [5.74, 6) is 1.38. The van der Waals surface area contributed by atoms with Crippen molar-refractivity contribution >= 4 is 27.3 Å². The summed E-state index contributed by atoms with van der Waals surface area (Å²) < 4.78 is 40.6. The maximum atomic E-state index is 13.4. The molecular weight excluding hydrogens is 468 g/mol. The molecule has 0 spiro atoms. The highest BCUT2D eigenvalue weighted by molar-refractivity contribution is 7.92. The lowest BCUT2D eigenvalue weighted by molar-refractivity contribution is -0.121. The minimum absolute atomic E-state index is 0.0997. The fraction of sp³-hybridized carbons (Fsp3) is 0.400. The maximum absolute atomic E-state index is 13.4. The summed E-state index contributed by atoms with van der Waals surface area (Å²) in [7, 11) is -3.90. The minimum Gasteiger partial charge on any atom is -0.482 e. The van der Waals surface area contributed by atoms with Crippen LogP contribution in [0.2, 0.25) is 0 Å². The van der Waals surface area contributed by atoms with Gasteiger partial charge in [0.25, 0.3) is 15.9 Å². The van der Waals surface area contributed by atoms with Crippen LogP contribution in [-0.2, 0) is 27.8 Å². The zero-order valence-corrected chi connectivity index (χ0v) is 20.8. The van der Waals surface area contributed by atoms with Crippen LogP contribution in [-0.4, -0.2) is 31.1 Å². The summed E-state index contributed by atoms with van der Waals surface area (Å²) in [5, 5.41) is 4.04. The first-order chi connectivity index (χ1) is 16.8. The molecule has 1 N–H and O–H groups in total. The lowest BCUT2D eigenvalue weighted by Crippen LogP contribution is -2.38. The third-order valence-corrected chi connectivity index (χ3v) is 8.19. The molecule has 1 fully saturated rings. The van der Waals surface area contributed by atoms with Gasteiger partial charge in [-0.05, 0) is 55.9 Å². The van der Waals surface area contributed by atoms with Crippen molar-refractivity contribution in [1.82, 2.24) is 10.1 Å². The van der Waals surface area contributed by atoms with Gasteiger partial charge in [-0.1, -0.05) is 36.7 Å². The molecule has 2 aromatic carbocycles. The highest BCUT2D eigenvalue weighted by Gasteiger charge is 2.31. The number of nitrogens with zero attached hydrogens (tertiary/aromatic N) is 3. The number of sulfonamides is 1. The van der Waals surface area contributed by atoms with E-state index < -0.39 is 10.0 Å². The molecule has 1 aliphatic heterocycles. The van der Waals surface area contributed by atoms with Gasteiger partial charge in [-0.3, -0.25) is 14.4 Å². The number of carbonyl (C=O) groups excluding carboxylic acids is 1. The number of hydrogen-bond donors (Lipinski definition) is 1. The standard InChI is InChI=1S/C25H28N4O5S/c1-4-17-8-5-7-15(2)24(17)28-35(31,32)21-12-20-19(11-16(21)3)29(23(30)14-33-20)13-22-26-25(34-27-22)18-9-6-10-18/h5,7-8,11-12,18,28H,4,6,9-10,13-14H2,1-3H3. The van der Waals surface area contributed by atoms with Crippen LogP contribution in [0.15, 0.2) is 39.8 Å². The predicted molar refractivity (Wildman–Crippen MR) is 130 cm³/mol. The second-order valence-electron chi connectivity index (χ2n) is 9.10. The molecule has 0 saturated heterocycles. The third kappa shape index (κ3) is 4.38. The molecule has 35 heavy (non-hydrogen) atoms. The highest BCUT2D eigenvalue weighted by atomic mass is 32.2. The number of ether oxygens (including phenoxy) is 1. The van der Waals surface area contributed by atoms with Crippen molar-refractivity contribution in [2.75, 3.05) is 16.2 Å². The van der Waals surface area contributed by atoms with E-state index in [2.05, 4.69) is 14.9 Å². The van der Waals surface area contributed by atoms with Gasteiger partial charge in [-0.25, -0.2) is 8.42 Å². The number of hydrogen-bond acceptors (Lipinski definition) is 7. The largest absolute Gasteiger partial charge is 0.482 e. The molecule has 2 aliphatic rings. The normalized spacial score (nSPS) is 16.0. The number of anilines is 2. The van der Waals surface area contributed by atoms with Gasteiger partial charge in [0.2, 0.25) is 5.89 Å². The number of carbonyl (C=O) groups is 1. The Labute approximate surface area is 204 Å². The van der Waals surface area contributed by atoms with E-state index in [1.54, 1.807) is 13.0 Å². The van der Waals surface area contributed by atoms with E-state index in [0.29, 0.717) is 46.7 Å². The molecule has 10 heteroatoms. The zero-order chi connectivity index (χ0) is 24.7. The van der Waals surface area contributed by atoms with Gasteiger partial charge in [0.05, 0.1) is 22.8 Å². The Balaban J connectivity index is 1.45. The number of nitrogens with one attached hydrogen (secondary N) is 1. The van der Waals surface area contributed by atoms with Crippen LogP contribution in [0.1, 0.15) is 60.5 Å². The number of para-hydroxylation sites is 1. The molecule has 1 aromatic heterocycles. The van der Waals surface area contributed by atoms with Crippen molar-refractivity contribution in [3.8, 4) is 5.75 Å². The van der Waals surface area contributed by atoms with Crippen LogP contribution >= 0.6 is 0 Å². The van der Waals surface area contributed by atoms with Gasteiger partial charge in [-0.15, -0.1) is 0 Å². The van der Waals surface area contributed by atoms with Crippen LogP contribution < -0.4 is 14.4 Å². The summed E-state index contributed by atoms with van der Waals surface area (Å²) >= 11 is 0. The van der Waals surface area contributed by atoms with Crippen LogP contribution in [0.25, 0.3) is 0 Å². The average molecular weight is 497 g/mol. The van der Waals surface area contributed by atoms with Crippen molar-refractivity contribution in [3.63, 3.8) is 0 Å².